The van der Waals surface area contributed by atoms with Crippen molar-refractivity contribution in [1.82, 2.24) is 15.3 Å². The van der Waals surface area contributed by atoms with E-state index in [0.29, 0.717) is 35.0 Å². The maximum Gasteiger partial charge on any atom is 0.255 e. The van der Waals surface area contributed by atoms with Crippen LogP contribution < -0.4 is 11.1 Å². The summed E-state index contributed by atoms with van der Waals surface area (Å²) in [6.07, 6.45) is 1.22. The number of fused-ring (bicyclic) bond motifs is 1. The molecule has 1 amide bonds. The molecule has 4 rings (SSSR count). The molecule has 7 nitrogen and oxygen atoms in total. The van der Waals surface area contributed by atoms with Gasteiger partial charge in [0.05, 0.1) is 36.1 Å². The third-order valence-electron chi connectivity index (χ3n) is 4.87. The number of carbonyl (C=O) groups is 1. The lowest BCUT2D eigenvalue weighted by molar-refractivity contribution is 0.0922. The largest absolute Gasteiger partial charge is 0.476 e. The number of aromatic nitrogens is 2. The minimum Gasteiger partial charge on any atom is -0.476 e. The first-order valence-corrected chi connectivity index (χ1v) is 9.88. The average molecular weight is 383 g/mol. The molecule has 140 valence electrons. The molecule has 3 N–H and O–H groups in total. The van der Waals surface area contributed by atoms with Gasteiger partial charge in [-0.25, -0.2) is 15.0 Å². The van der Waals surface area contributed by atoms with Gasteiger partial charge in [0.15, 0.2) is 0 Å². The lowest BCUT2D eigenvalue weighted by Crippen LogP contribution is -2.38. The first-order chi connectivity index (χ1) is 13.1. The summed E-state index contributed by atoms with van der Waals surface area (Å²) in [6.45, 7) is 1.96. The third-order valence-corrected chi connectivity index (χ3v) is 5.87. The molecule has 1 aromatic carbocycles. The van der Waals surface area contributed by atoms with Crippen LogP contribution in [0.2, 0.25) is 0 Å². The van der Waals surface area contributed by atoms with E-state index >= 15 is 0 Å². The van der Waals surface area contributed by atoms with Crippen molar-refractivity contribution in [3.8, 4) is 0 Å². The van der Waals surface area contributed by atoms with Crippen molar-refractivity contribution in [3.05, 3.63) is 52.3 Å². The summed E-state index contributed by atoms with van der Waals surface area (Å²) in [6, 6.07) is 7.93. The number of aryl methyl sites for hydroxylation is 1. The molecule has 0 fully saturated rings. The van der Waals surface area contributed by atoms with E-state index in [-0.39, 0.29) is 23.9 Å². The highest BCUT2D eigenvalue weighted by molar-refractivity contribution is 8.13. The van der Waals surface area contributed by atoms with Gasteiger partial charge in [-0.3, -0.25) is 4.79 Å². The molecule has 2 aliphatic rings. The number of methoxy groups -OCH3 is 1. The number of hydrogen-bond acceptors (Lipinski definition) is 7. The molecule has 0 saturated heterocycles. The van der Waals surface area contributed by atoms with Gasteiger partial charge < -0.3 is 15.8 Å². The second-order valence-corrected chi connectivity index (χ2v) is 7.46. The highest BCUT2D eigenvalue weighted by Gasteiger charge is 2.32. The fourth-order valence-electron chi connectivity index (χ4n) is 3.66. The summed E-state index contributed by atoms with van der Waals surface area (Å²) < 4.78 is 5.26. The zero-order valence-electron chi connectivity index (χ0n) is 15.2. The summed E-state index contributed by atoms with van der Waals surface area (Å²) in [7, 11) is 1.63. The number of carbonyl (C=O) groups excluding carboxylic acids is 1. The predicted molar refractivity (Wildman–Crippen MR) is 106 cm³/mol. The number of nitrogens with two attached hydrogens (primary N) is 1. The first kappa shape index (κ1) is 17.8. The highest BCUT2D eigenvalue weighted by Crippen LogP contribution is 2.36. The Hall–Kier alpha value is -2.61. The molecule has 0 aliphatic carbocycles. The van der Waals surface area contributed by atoms with E-state index < -0.39 is 0 Å². The number of nitrogens with one attached hydrogen (secondary N) is 1. The molecule has 0 spiro atoms. The van der Waals surface area contributed by atoms with Gasteiger partial charge in [0.25, 0.3) is 5.91 Å². The number of hydrogen-bond donors (Lipinski definition) is 2. The fraction of sp³-hybridized carbons (Fsp3) is 0.368. The SMILES string of the molecule is CCc1nc(N)nc2c1C(=O)N[C@@H](c1ccccc1C1CSC(OC)=N1)C2. The van der Waals surface area contributed by atoms with Gasteiger partial charge >= 0.3 is 0 Å². The van der Waals surface area contributed by atoms with Gasteiger partial charge in [-0.15, -0.1) is 0 Å². The van der Waals surface area contributed by atoms with Crippen molar-refractivity contribution in [1.29, 1.82) is 0 Å². The number of nitrogen functional groups attached to an aromatic ring is 1. The van der Waals surface area contributed by atoms with Crippen molar-refractivity contribution >= 4 is 28.8 Å². The van der Waals surface area contributed by atoms with Crippen LogP contribution >= 0.6 is 11.8 Å². The van der Waals surface area contributed by atoms with E-state index in [1.54, 1.807) is 18.9 Å². The second kappa shape index (κ2) is 7.19. The summed E-state index contributed by atoms with van der Waals surface area (Å²) in [5.41, 5.74) is 9.99. The maximum atomic E-state index is 12.8. The van der Waals surface area contributed by atoms with Gasteiger partial charge in [-0.2, -0.15) is 0 Å². The number of anilines is 1. The Morgan fingerprint density at radius 1 is 1.30 bits per heavy atom. The smallest absolute Gasteiger partial charge is 0.255 e. The van der Waals surface area contributed by atoms with Crippen molar-refractivity contribution in [2.24, 2.45) is 4.99 Å². The fourth-order valence-corrected chi connectivity index (χ4v) is 4.54. The zero-order chi connectivity index (χ0) is 19.0. The van der Waals surface area contributed by atoms with Crippen LogP contribution in [0, 0.1) is 0 Å². The normalized spacial score (nSPS) is 21.4. The van der Waals surface area contributed by atoms with E-state index in [1.807, 2.05) is 25.1 Å². The maximum absolute atomic E-state index is 12.8. The summed E-state index contributed by atoms with van der Waals surface area (Å²) in [5.74, 6) is 0.899. The lowest BCUT2D eigenvalue weighted by Gasteiger charge is -2.28. The molecule has 27 heavy (non-hydrogen) atoms. The van der Waals surface area contributed by atoms with Crippen LogP contribution in [-0.2, 0) is 17.6 Å². The van der Waals surface area contributed by atoms with Crippen molar-refractivity contribution in [2.45, 2.75) is 31.8 Å². The third kappa shape index (κ3) is 3.25. The number of amides is 1. The van der Waals surface area contributed by atoms with Gasteiger partial charge in [-0.1, -0.05) is 43.0 Å². The first-order valence-electron chi connectivity index (χ1n) is 8.90. The average Bonchev–Trinajstić information content (AvgIpc) is 3.16. The topological polar surface area (TPSA) is 102 Å². The molecule has 2 aromatic rings. The highest BCUT2D eigenvalue weighted by atomic mass is 32.2. The molecule has 8 heteroatoms. The van der Waals surface area contributed by atoms with Crippen molar-refractivity contribution in [3.63, 3.8) is 0 Å². The number of rotatable bonds is 3. The van der Waals surface area contributed by atoms with Crippen LogP contribution in [0.25, 0.3) is 0 Å². The van der Waals surface area contributed by atoms with Crippen LogP contribution in [-0.4, -0.2) is 34.0 Å². The number of benzene rings is 1. The number of ether oxygens (including phenoxy) is 1. The van der Waals surface area contributed by atoms with Crippen LogP contribution in [0.5, 0.6) is 0 Å². The van der Waals surface area contributed by atoms with Crippen LogP contribution in [0.1, 0.15) is 51.9 Å². The standard InChI is InChI=1S/C19H21N5O2S/c1-3-12-16-14(23-18(20)22-12)8-13(21-17(16)25)10-6-4-5-7-11(10)15-9-27-19(24-15)26-2/h4-7,13,15H,3,8-9H2,1-2H3,(H,21,25)(H2,20,22,23)/t13-,15?/m1/s1. The van der Waals surface area contributed by atoms with Crippen LogP contribution in [0.3, 0.4) is 0 Å². The van der Waals surface area contributed by atoms with Gasteiger partial charge in [0.2, 0.25) is 11.2 Å². The molecule has 1 unspecified atom stereocenters. The molecule has 0 radical (unpaired) electrons. The van der Waals surface area contributed by atoms with E-state index in [0.717, 1.165) is 16.9 Å². The second-order valence-electron chi connectivity index (χ2n) is 6.49. The Labute approximate surface area is 161 Å². The van der Waals surface area contributed by atoms with Crippen LogP contribution in [0.15, 0.2) is 29.3 Å². The summed E-state index contributed by atoms with van der Waals surface area (Å²) in [5, 5.41) is 3.82. The molecule has 2 atom stereocenters. The van der Waals surface area contributed by atoms with Crippen molar-refractivity contribution in [2.75, 3.05) is 18.6 Å². The Morgan fingerprint density at radius 3 is 2.78 bits per heavy atom. The lowest BCUT2D eigenvalue weighted by atomic mass is 9.89. The molecule has 3 heterocycles. The summed E-state index contributed by atoms with van der Waals surface area (Å²) >= 11 is 1.60. The van der Waals surface area contributed by atoms with Gasteiger partial charge in [-0.05, 0) is 17.5 Å². The summed E-state index contributed by atoms with van der Waals surface area (Å²) in [4.78, 5) is 26.0. The Kier molecular flexibility index (Phi) is 4.73. The minimum absolute atomic E-state index is 0.0149. The zero-order valence-corrected chi connectivity index (χ0v) is 16.0. The number of thioether (sulfide) groups is 1. The Balaban J connectivity index is 1.71. The van der Waals surface area contributed by atoms with Crippen molar-refractivity contribution < 1.29 is 9.53 Å². The van der Waals surface area contributed by atoms with E-state index in [4.69, 9.17) is 10.5 Å². The van der Waals surface area contributed by atoms with E-state index in [2.05, 4.69) is 26.3 Å². The molecule has 1 aromatic heterocycles. The van der Waals surface area contributed by atoms with Crippen LogP contribution in [0.4, 0.5) is 5.95 Å². The molecule has 0 saturated carbocycles. The molecular weight excluding hydrogens is 362 g/mol. The monoisotopic (exact) mass is 383 g/mol. The molecule has 2 aliphatic heterocycles. The number of nitrogens with zero attached hydrogens (tertiary/aromatic N) is 3. The molecular formula is C19H21N5O2S. The quantitative estimate of drug-likeness (QED) is 0.844. The van der Waals surface area contributed by atoms with Gasteiger partial charge in [0, 0.05) is 12.2 Å². The predicted octanol–water partition coefficient (Wildman–Crippen LogP) is 2.44. The van der Waals surface area contributed by atoms with Gasteiger partial charge in [0.1, 0.15) is 0 Å². The Morgan fingerprint density at radius 2 is 2.07 bits per heavy atom. The molecule has 0 bridgehead atoms. The van der Waals surface area contributed by atoms with E-state index in [9.17, 15) is 4.79 Å². The van der Waals surface area contributed by atoms with E-state index in [1.165, 1.54) is 0 Å². The number of aliphatic imine (C=N–C) groups is 1. The Bertz CT molecular complexity index is 930. The minimum atomic E-state index is -0.174.